The van der Waals surface area contributed by atoms with Crippen molar-refractivity contribution in [1.29, 1.82) is 0 Å². The molecule has 2 N–H and O–H groups in total. The van der Waals surface area contributed by atoms with E-state index in [4.69, 9.17) is 5.11 Å². The van der Waals surface area contributed by atoms with Gasteiger partial charge in [-0.05, 0) is 13.0 Å². The van der Waals surface area contributed by atoms with Gasteiger partial charge in [-0.1, -0.05) is 0 Å². The number of H-pyrrole nitrogens is 1. The van der Waals surface area contributed by atoms with E-state index in [1.54, 1.807) is 25.4 Å². The van der Waals surface area contributed by atoms with Gasteiger partial charge >= 0.3 is 5.97 Å². The first-order valence-corrected chi connectivity index (χ1v) is 3.85. The second-order valence-corrected chi connectivity index (χ2v) is 2.85. The average molecular weight is 176 g/mol. The van der Waals surface area contributed by atoms with E-state index in [-0.39, 0.29) is 0 Å². The van der Waals surface area contributed by atoms with Crippen molar-refractivity contribution in [3.63, 3.8) is 0 Å². The molecule has 0 unspecified atom stereocenters. The van der Waals surface area contributed by atoms with Crippen LogP contribution >= 0.6 is 0 Å². The van der Waals surface area contributed by atoms with Crippen LogP contribution in [-0.2, 0) is 0 Å². The topological polar surface area (TPSA) is 66.0 Å². The smallest absolute Gasteiger partial charge is 0.338 e. The number of fused-ring (bicyclic) bond motifs is 1. The number of hydrogen-bond acceptors (Lipinski definition) is 2. The van der Waals surface area contributed by atoms with Crippen molar-refractivity contribution in [2.45, 2.75) is 6.92 Å². The van der Waals surface area contributed by atoms with Gasteiger partial charge in [0, 0.05) is 29.0 Å². The zero-order chi connectivity index (χ0) is 9.42. The summed E-state index contributed by atoms with van der Waals surface area (Å²) in [5, 5.41) is 9.56. The summed E-state index contributed by atoms with van der Waals surface area (Å²) in [6, 6.07) is 1.76. The van der Waals surface area contributed by atoms with Crippen LogP contribution in [0.15, 0.2) is 18.5 Å². The zero-order valence-electron chi connectivity index (χ0n) is 7.03. The van der Waals surface area contributed by atoms with Crippen molar-refractivity contribution < 1.29 is 9.90 Å². The van der Waals surface area contributed by atoms with Crippen LogP contribution in [-0.4, -0.2) is 21.0 Å². The van der Waals surface area contributed by atoms with Crippen molar-refractivity contribution in [2.75, 3.05) is 0 Å². The van der Waals surface area contributed by atoms with Crippen LogP contribution in [0.25, 0.3) is 10.9 Å². The monoisotopic (exact) mass is 176 g/mol. The molecule has 4 nitrogen and oxygen atoms in total. The summed E-state index contributed by atoms with van der Waals surface area (Å²) in [5.74, 6) is -0.920. The van der Waals surface area contributed by atoms with Gasteiger partial charge in [0.1, 0.15) is 0 Å². The number of aromatic amines is 1. The molecular weight excluding hydrogens is 168 g/mol. The van der Waals surface area contributed by atoms with Gasteiger partial charge in [-0.25, -0.2) is 4.79 Å². The summed E-state index contributed by atoms with van der Waals surface area (Å²) in [6.45, 7) is 1.74. The lowest BCUT2D eigenvalue weighted by Gasteiger charge is -1.91. The van der Waals surface area contributed by atoms with E-state index in [1.807, 2.05) is 0 Å². The van der Waals surface area contributed by atoms with E-state index >= 15 is 0 Å². The summed E-state index contributed by atoms with van der Waals surface area (Å²) < 4.78 is 0. The van der Waals surface area contributed by atoms with Crippen molar-refractivity contribution in [3.8, 4) is 0 Å². The van der Waals surface area contributed by atoms with E-state index in [9.17, 15) is 4.79 Å². The third kappa shape index (κ3) is 1.07. The molecular formula is C9H8N2O2. The molecule has 4 heteroatoms. The number of carboxylic acid groups (broad SMARTS) is 1. The first-order valence-electron chi connectivity index (χ1n) is 3.85. The number of carboxylic acids is 1. The molecule has 2 aromatic rings. The molecule has 0 aromatic carbocycles. The minimum Gasteiger partial charge on any atom is -0.478 e. The summed E-state index contributed by atoms with van der Waals surface area (Å²) in [5.41, 5.74) is 1.78. The second-order valence-electron chi connectivity index (χ2n) is 2.85. The molecule has 13 heavy (non-hydrogen) atoms. The molecule has 0 spiro atoms. The third-order valence-corrected chi connectivity index (χ3v) is 2.00. The van der Waals surface area contributed by atoms with Crippen molar-refractivity contribution >= 4 is 16.9 Å². The van der Waals surface area contributed by atoms with Crippen LogP contribution in [0, 0.1) is 6.92 Å². The number of aromatic carboxylic acids is 1. The minimum atomic E-state index is -0.920. The number of nitrogens with zero attached hydrogens (tertiary/aromatic N) is 1. The molecule has 0 saturated carbocycles. The third-order valence-electron chi connectivity index (χ3n) is 2.00. The highest BCUT2D eigenvalue weighted by Gasteiger charge is 2.13. The SMILES string of the molecule is Cc1[nH]c2ccncc2c1C(=O)O. The Labute approximate surface area is 74.2 Å². The van der Waals surface area contributed by atoms with E-state index in [0.29, 0.717) is 16.6 Å². The zero-order valence-corrected chi connectivity index (χ0v) is 7.03. The molecule has 0 aliphatic heterocycles. The Balaban J connectivity index is 2.86. The number of aromatic nitrogens is 2. The van der Waals surface area contributed by atoms with Crippen LogP contribution in [0.4, 0.5) is 0 Å². The van der Waals surface area contributed by atoms with Gasteiger partial charge < -0.3 is 10.1 Å². The van der Waals surface area contributed by atoms with E-state index in [0.717, 1.165) is 5.52 Å². The lowest BCUT2D eigenvalue weighted by atomic mass is 10.2. The molecule has 0 aliphatic carbocycles. The van der Waals surface area contributed by atoms with Crippen molar-refractivity contribution in [2.24, 2.45) is 0 Å². The Morgan fingerprint density at radius 1 is 1.62 bits per heavy atom. The predicted octanol–water partition coefficient (Wildman–Crippen LogP) is 1.57. The van der Waals surface area contributed by atoms with Gasteiger partial charge in [0.15, 0.2) is 0 Å². The number of carbonyl (C=O) groups is 1. The fourth-order valence-electron chi connectivity index (χ4n) is 1.44. The van der Waals surface area contributed by atoms with E-state index in [2.05, 4.69) is 9.97 Å². The van der Waals surface area contributed by atoms with Crippen molar-refractivity contribution in [3.05, 3.63) is 29.7 Å². The van der Waals surface area contributed by atoms with Gasteiger partial charge in [-0.3, -0.25) is 4.98 Å². The molecule has 0 saturated heterocycles. The van der Waals surface area contributed by atoms with E-state index in [1.165, 1.54) is 0 Å². The summed E-state index contributed by atoms with van der Waals surface area (Å²) >= 11 is 0. The second kappa shape index (κ2) is 2.58. The molecule has 0 atom stereocenters. The molecule has 0 radical (unpaired) electrons. The van der Waals surface area contributed by atoms with Crippen LogP contribution in [0.5, 0.6) is 0 Å². The molecule has 66 valence electrons. The first kappa shape index (κ1) is 7.79. The van der Waals surface area contributed by atoms with Gasteiger partial charge in [0.2, 0.25) is 0 Å². The maximum Gasteiger partial charge on any atom is 0.338 e. The normalized spacial score (nSPS) is 10.5. The van der Waals surface area contributed by atoms with Gasteiger partial charge in [0.05, 0.1) is 5.56 Å². The lowest BCUT2D eigenvalue weighted by Crippen LogP contribution is -1.96. The first-order chi connectivity index (χ1) is 6.20. The number of pyridine rings is 1. The van der Waals surface area contributed by atoms with Crippen LogP contribution in [0.1, 0.15) is 16.1 Å². The van der Waals surface area contributed by atoms with Crippen LogP contribution in [0.2, 0.25) is 0 Å². The lowest BCUT2D eigenvalue weighted by molar-refractivity contribution is 0.0698. The highest BCUT2D eigenvalue weighted by atomic mass is 16.4. The Hall–Kier alpha value is -1.84. The molecule has 2 aromatic heterocycles. The summed E-state index contributed by atoms with van der Waals surface area (Å²) in [6.07, 6.45) is 3.19. The maximum atomic E-state index is 10.8. The molecule has 0 bridgehead atoms. The van der Waals surface area contributed by atoms with E-state index < -0.39 is 5.97 Å². The Bertz CT molecular complexity index is 473. The standard InChI is InChI=1S/C9H8N2O2/c1-5-8(9(12)13)6-4-10-3-2-7(6)11-5/h2-4,11H,1H3,(H,12,13). The number of hydrogen-bond donors (Lipinski definition) is 2. The highest BCUT2D eigenvalue weighted by Crippen LogP contribution is 2.20. The van der Waals surface area contributed by atoms with Crippen LogP contribution < -0.4 is 0 Å². The van der Waals surface area contributed by atoms with Gasteiger partial charge in [-0.2, -0.15) is 0 Å². The largest absolute Gasteiger partial charge is 0.478 e. The Morgan fingerprint density at radius 3 is 3.08 bits per heavy atom. The quantitative estimate of drug-likeness (QED) is 0.693. The van der Waals surface area contributed by atoms with Gasteiger partial charge in [-0.15, -0.1) is 0 Å². The molecule has 0 amide bonds. The number of aryl methyl sites for hydroxylation is 1. The number of rotatable bonds is 1. The summed E-state index contributed by atoms with van der Waals surface area (Å²) in [4.78, 5) is 17.7. The molecule has 2 heterocycles. The highest BCUT2D eigenvalue weighted by molar-refractivity contribution is 6.04. The molecule has 0 aliphatic rings. The molecule has 0 fully saturated rings. The summed E-state index contributed by atoms with van der Waals surface area (Å²) in [7, 11) is 0. The fraction of sp³-hybridized carbons (Fsp3) is 0.111. The van der Waals surface area contributed by atoms with Gasteiger partial charge in [0.25, 0.3) is 0 Å². The number of nitrogens with one attached hydrogen (secondary N) is 1. The maximum absolute atomic E-state index is 10.8. The average Bonchev–Trinajstić information content (AvgIpc) is 2.39. The minimum absolute atomic E-state index is 0.308. The Kier molecular flexibility index (Phi) is 1.55. The molecule has 2 rings (SSSR count). The Morgan fingerprint density at radius 2 is 2.38 bits per heavy atom. The van der Waals surface area contributed by atoms with Crippen molar-refractivity contribution in [1.82, 2.24) is 9.97 Å². The van der Waals surface area contributed by atoms with Crippen LogP contribution in [0.3, 0.4) is 0 Å². The fourth-order valence-corrected chi connectivity index (χ4v) is 1.44. The predicted molar refractivity (Wildman–Crippen MR) is 47.8 cm³/mol.